The van der Waals surface area contributed by atoms with Crippen molar-refractivity contribution in [1.29, 1.82) is 0 Å². The van der Waals surface area contributed by atoms with Gasteiger partial charge < -0.3 is 20.5 Å². The number of para-hydroxylation sites is 1. The summed E-state index contributed by atoms with van der Waals surface area (Å²) in [6.45, 7) is 3.70. The molecule has 0 aliphatic carbocycles. The molecule has 37 heavy (non-hydrogen) atoms. The number of rotatable bonds is 12. The van der Waals surface area contributed by atoms with Gasteiger partial charge >= 0.3 is 11.9 Å². The van der Waals surface area contributed by atoms with Crippen LogP contribution in [0.3, 0.4) is 0 Å². The van der Waals surface area contributed by atoms with Crippen LogP contribution in [0.15, 0.2) is 79.0 Å². The zero-order valence-corrected chi connectivity index (χ0v) is 20.8. The maximum absolute atomic E-state index is 12.9. The molecule has 1 aromatic heterocycles. The SMILES string of the molecule is CC(C)C[C@@H](C(=O)NCC(O)CNC(=O)c1ccc(Oc2ccccc2)cc1)[N+](=C=O)c1ccccn1. The molecule has 2 amide bonds. The molecule has 9 nitrogen and oxygen atoms in total. The first-order valence-electron chi connectivity index (χ1n) is 12.0. The number of pyridine rings is 1. The molecule has 2 atom stereocenters. The number of carbonyl (C=O) groups excluding carboxylic acids is 3. The Hall–Kier alpha value is -4.33. The molecule has 9 heteroatoms. The number of carbonyl (C=O) groups is 2. The molecule has 0 fully saturated rings. The number of aliphatic hydroxyl groups excluding tert-OH is 1. The number of nitrogens with one attached hydrogen (secondary N) is 2. The lowest BCUT2D eigenvalue weighted by Gasteiger charge is -2.18. The number of hydrogen-bond donors (Lipinski definition) is 3. The van der Waals surface area contributed by atoms with Crippen LogP contribution >= 0.6 is 0 Å². The maximum atomic E-state index is 12.9. The molecule has 1 heterocycles. The first-order valence-corrected chi connectivity index (χ1v) is 12.0. The van der Waals surface area contributed by atoms with Gasteiger partial charge in [-0.05, 0) is 53.4 Å². The summed E-state index contributed by atoms with van der Waals surface area (Å²) in [4.78, 5) is 41.2. The van der Waals surface area contributed by atoms with Crippen molar-refractivity contribution in [3.8, 4) is 11.5 Å². The molecular formula is C28H31N4O5+. The second-order valence-electron chi connectivity index (χ2n) is 8.84. The summed E-state index contributed by atoms with van der Waals surface area (Å²) in [6.07, 6.45) is 2.68. The van der Waals surface area contributed by atoms with Crippen molar-refractivity contribution in [1.82, 2.24) is 15.6 Å². The summed E-state index contributed by atoms with van der Waals surface area (Å²) in [6, 6.07) is 20.1. The Labute approximate surface area is 215 Å². The monoisotopic (exact) mass is 503 g/mol. The van der Waals surface area contributed by atoms with Crippen LogP contribution in [-0.4, -0.2) is 57.8 Å². The van der Waals surface area contributed by atoms with Crippen molar-refractivity contribution >= 4 is 23.7 Å². The van der Waals surface area contributed by atoms with E-state index >= 15 is 0 Å². The third kappa shape index (κ3) is 8.38. The molecule has 3 rings (SSSR count). The Morgan fingerprint density at radius 2 is 1.59 bits per heavy atom. The van der Waals surface area contributed by atoms with Crippen LogP contribution in [0.5, 0.6) is 11.5 Å². The van der Waals surface area contributed by atoms with Gasteiger partial charge in [0.2, 0.25) is 0 Å². The Kier molecular flexibility index (Phi) is 10.1. The second-order valence-corrected chi connectivity index (χ2v) is 8.84. The van der Waals surface area contributed by atoms with E-state index in [-0.39, 0.29) is 24.9 Å². The minimum atomic E-state index is -1.03. The Balaban J connectivity index is 1.51. The highest BCUT2D eigenvalue weighted by Gasteiger charge is 2.31. The van der Waals surface area contributed by atoms with E-state index in [9.17, 15) is 19.5 Å². The second kappa shape index (κ2) is 13.7. The lowest BCUT2D eigenvalue weighted by Crippen LogP contribution is -2.46. The number of aliphatic hydroxyl groups is 1. The molecule has 3 aromatic rings. The molecule has 0 radical (unpaired) electrons. The zero-order valence-electron chi connectivity index (χ0n) is 20.8. The van der Waals surface area contributed by atoms with E-state index in [1.165, 1.54) is 6.20 Å². The smallest absolute Gasteiger partial charge is 0.334 e. The predicted molar refractivity (Wildman–Crippen MR) is 137 cm³/mol. The standard InChI is InChI=1S/C28H30N4O5/c1-20(2)16-25(32(19-33)26-10-6-7-15-29-26)28(36)31-18-22(34)17-30-27(35)21-11-13-24(14-12-21)37-23-8-4-3-5-9-23/h3-15,20,22,25,34H,16-18H2,1-2H3,(H-,30,31,35,36)/p+1/t22?,25-/m0/s1. The summed E-state index contributed by atoms with van der Waals surface area (Å²) < 4.78 is 6.88. The lowest BCUT2D eigenvalue weighted by molar-refractivity contribution is -0.473. The molecule has 0 aliphatic rings. The Morgan fingerprint density at radius 1 is 0.946 bits per heavy atom. The lowest BCUT2D eigenvalue weighted by atomic mass is 10.0. The molecular weight excluding hydrogens is 472 g/mol. The van der Waals surface area contributed by atoms with Crippen LogP contribution in [0, 0.1) is 5.92 Å². The first-order chi connectivity index (χ1) is 17.9. The van der Waals surface area contributed by atoms with Gasteiger partial charge in [-0.3, -0.25) is 9.59 Å². The van der Waals surface area contributed by atoms with Gasteiger partial charge in [-0.25, -0.2) is 0 Å². The maximum Gasteiger partial charge on any atom is 0.334 e. The fourth-order valence-electron chi connectivity index (χ4n) is 3.56. The van der Waals surface area contributed by atoms with Crippen LogP contribution in [-0.2, 0) is 9.59 Å². The van der Waals surface area contributed by atoms with E-state index in [1.54, 1.807) is 48.5 Å². The average Bonchev–Trinajstić information content (AvgIpc) is 2.91. The third-order valence-corrected chi connectivity index (χ3v) is 5.41. The van der Waals surface area contributed by atoms with Gasteiger partial charge in [-0.1, -0.05) is 38.1 Å². The highest BCUT2D eigenvalue weighted by atomic mass is 16.5. The van der Waals surface area contributed by atoms with Crippen LogP contribution < -0.4 is 15.4 Å². The van der Waals surface area contributed by atoms with Crippen molar-refractivity contribution in [2.45, 2.75) is 32.4 Å². The largest absolute Gasteiger partial charge is 0.457 e. The molecule has 0 saturated heterocycles. The van der Waals surface area contributed by atoms with E-state index in [0.29, 0.717) is 29.3 Å². The number of ether oxygens (including phenoxy) is 1. The molecule has 1 unspecified atom stereocenters. The zero-order chi connectivity index (χ0) is 26.6. The van der Waals surface area contributed by atoms with Crippen LogP contribution in [0.1, 0.15) is 30.6 Å². The summed E-state index contributed by atoms with van der Waals surface area (Å²) in [7, 11) is 0. The molecule has 0 saturated carbocycles. The third-order valence-electron chi connectivity index (χ3n) is 5.41. The average molecular weight is 504 g/mol. The minimum Gasteiger partial charge on any atom is -0.457 e. The number of hydrogen-bond acceptors (Lipinski definition) is 6. The number of amides is 2. The summed E-state index contributed by atoms with van der Waals surface area (Å²) >= 11 is 0. The molecule has 3 N–H and O–H groups in total. The predicted octanol–water partition coefficient (Wildman–Crippen LogP) is 3.18. The topological polar surface area (TPSA) is 121 Å². The van der Waals surface area contributed by atoms with E-state index in [4.69, 9.17) is 4.74 Å². The van der Waals surface area contributed by atoms with Gasteiger partial charge in [0.25, 0.3) is 11.8 Å². The fraction of sp³-hybridized carbons (Fsp3) is 0.286. The number of isocyanates is 1. The van der Waals surface area contributed by atoms with Gasteiger partial charge in [-0.15, -0.1) is 4.58 Å². The van der Waals surface area contributed by atoms with Crippen molar-refractivity contribution in [2.24, 2.45) is 5.92 Å². The van der Waals surface area contributed by atoms with Crippen LogP contribution in [0.25, 0.3) is 0 Å². The highest BCUT2D eigenvalue weighted by Crippen LogP contribution is 2.21. The van der Waals surface area contributed by atoms with Crippen molar-refractivity contribution in [3.63, 3.8) is 0 Å². The van der Waals surface area contributed by atoms with Gasteiger partial charge in [0.15, 0.2) is 6.04 Å². The Morgan fingerprint density at radius 3 is 2.22 bits per heavy atom. The highest BCUT2D eigenvalue weighted by molar-refractivity contribution is 5.94. The molecule has 192 valence electrons. The molecule has 0 aliphatic heterocycles. The molecule has 0 bridgehead atoms. The molecule has 0 spiro atoms. The first kappa shape index (κ1) is 27.3. The van der Waals surface area contributed by atoms with Gasteiger partial charge in [0.05, 0.1) is 6.10 Å². The van der Waals surface area contributed by atoms with E-state index in [1.807, 2.05) is 44.2 Å². The summed E-state index contributed by atoms with van der Waals surface area (Å²) in [5.41, 5.74) is 0.404. The normalized spacial score (nSPS) is 12.2. The fourth-order valence-corrected chi connectivity index (χ4v) is 3.56. The summed E-state index contributed by atoms with van der Waals surface area (Å²) in [5, 5.41) is 15.6. The Bertz CT molecular complexity index is 1210. The van der Waals surface area contributed by atoms with E-state index < -0.39 is 18.1 Å². The molecule has 2 aromatic carbocycles. The van der Waals surface area contributed by atoms with Gasteiger partial charge in [-0.2, -0.15) is 4.79 Å². The number of benzene rings is 2. The van der Waals surface area contributed by atoms with Gasteiger partial charge in [0, 0.05) is 31.1 Å². The quantitative estimate of drug-likeness (QED) is 0.198. The number of aromatic nitrogens is 1. The van der Waals surface area contributed by atoms with E-state index in [2.05, 4.69) is 15.6 Å². The van der Waals surface area contributed by atoms with Crippen molar-refractivity contribution in [3.05, 3.63) is 84.6 Å². The number of nitrogens with zero attached hydrogens (tertiary/aromatic N) is 2. The van der Waals surface area contributed by atoms with Gasteiger partial charge in [0.1, 0.15) is 17.7 Å². The van der Waals surface area contributed by atoms with E-state index in [0.717, 1.165) is 4.58 Å². The van der Waals surface area contributed by atoms with Crippen molar-refractivity contribution in [2.75, 3.05) is 13.1 Å². The van der Waals surface area contributed by atoms with Crippen LogP contribution in [0.2, 0.25) is 0 Å². The summed E-state index contributed by atoms with van der Waals surface area (Å²) in [5.74, 6) is 0.895. The van der Waals surface area contributed by atoms with Crippen LogP contribution in [0.4, 0.5) is 5.82 Å². The van der Waals surface area contributed by atoms with Crippen molar-refractivity contribution < 1.29 is 28.8 Å². The minimum absolute atomic E-state index is 0.0695.